The van der Waals surface area contributed by atoms with Crippen molar-refractivity contribution in [3.8, 4) is 5.75 Å². The second kappa shape index (κ2) is 7.17. The molecule has 4 atom stereocenters. The molecular formula is C23H28N2O4. The number of rotatable bonds is 4. The Labute approximate surface area is 171 Å². The van der Waals surface area contributed by atoms with Crippen molar-refractivity contribution >= 4 is 11.8 Å². The van der Waals surface area contributed by atoms with Crippen molar-refractivity contribution in [2.75, 3.05) is 26.7 Å². The molecule has 29 heavy (non-hydrogen) atoms. The van der Waals surface area contributed by atoms with Crippen molar-refractivity contribution in [1.29, 1.82) is 0 Å². The van der Waals surface area contributed by atoms with E-state index in [-0.39, 0.29) is 23.8 Å². The Morgan fingerprint density at radius 2 is 2.03 bits per heavy atom. The van der Waals surface area contributed by atoms with Gasteiger partial charge in [0, 0.05) is 19.6 Å². The smallest absolute Gasteiger partial charge is 0.230 e. The van der Waals surface area contributed by atoms with Gasteiger partial charge in [0.1, 0.15) is 11.4 Å². The molecule has 1 aromatic carbocycles. The quantitative estimate of drug-likeness (QED) is 0.734. The molecule has 0 saturated carbocycles. The lowest BCUT2D eigenvalue weighted by molar-refractivity contribution is -0.143. The number of hydrogen-bond donors (Lipinski definition) is 0. The number of methoxy groups -OCH3 is 1. The second-order valence-corrected chi connectivity index (χ2v) is 8.69. The van der Waals surface area contributed by atoms with Gasteiger partial charge in [-0.2, -0.15) is 0 Å². The van der Waals surface area contributed by atoms with Gasteiger partial charge in [0.25, 0.3) is 0 Å². The zero-order valence-electron chi connectivity index (χ0n) is 16.9. The van der Waals surface area contributed by atoms with Gasteiger partial charge in [-0.05, 0) is 30.5 Å². The zero-order chi connectivity index (χ0) is 20.0. The van der Waals surface area contributed by atoms with Crippen LogP contribution in [0.3, 0.4) is 0 Å². The van der Waals surface area contributed by atoms with Crippen LogP contribution in [0.2, 0.25) is 0 Å². The van der Waals surface area contributed by atoms with E-state index in [9.17, 15) is 9.59 Å². The minimum Gasteiger partial charge on any atom is -0.497 e. The van der Waals surface area contributed by atoms with Crippen LogP contribution in [-0.2, 0) is 20.9 Å². The molecule has 0 aromatic heterocycles. The third-order valence-corrected chi connectivity index (χ3v) is 6.89. The Morgan fingerprint density at radius 3 is 2.79 bits per heavy atom. The largest absolute Gasteiger partial charge is 0.497 e. The van der Waals surface area contributed by atoms with Gasteiger partial charge in [0.15, 0.2) is 0 Å². The van der Waals surface area contributed by atoms with E-state index in [1.165, 1.54) is 12.8 Å². The van der Waals surface area contributed by atoms with Crippen LogP contribution >= 0.6 is 0 Å². The van der Waals surface area contributed by atoms with Crippen molar-refractivity contribution in [3.05, 3.63) is 42.0 Å². The highest BCUT2D eigenvalue weighted by Crippen LogP contribution is 2.52. The maximum Gasteiger partial charge on any atom is 0.230 e. The maximum absolute atomic E-state index is 13.4. The van der Waals surface area contributed by atoms with E-state index in [0.717, 1.165) is 37.2 Å². The molecule has 6 heteroatoms. The highest BCUT2D eigenvalue weighted by atomic mass is 16.5. The summed E-state index contributed by atoms with van der Waals surface area (Å²) < 4.78 is 11.6. The van der Waals surface area contributed by atoms with Crippen LogP contribution in [0.25, 0.3) is 0 Å². The first-order chi connectivity index (χ1) is 14.1. The van der Waals surface area contributed by atoms with Gasteiger partial charge in [-0.1, -0.05) is 37.1 Å². The third-order valence-electron chi connectivity index (χ3n) is 6.89. The fourth-order valence-electron chi connectivity index (χ4n) is 5.49. The Bertz CT molecular complexity index is 845. The Morgan fingerprint density at radius 1 is 1.24 bits per heavy atom. The van der Waals surface area contributed by atoms with Gasteiger partial charge in [0.05, 0.1) is 31.6 Å². The van der Waals surface area contributed by atoms with Crippen molar-refractivity contribution in [2.45, 2.75) is 43.9 Å². The Hall–Kier alpha value is -2.34. The minimum atomic E-state index is -0.646. The first-order valence-electron chi connectivity index (χ1n) is 10.7. The summed E-state index contributed by atoms with van der Waals surface area (Å²) in [5.41, 5.74) is 0.371. The average Bonchev–Trinajstić information content (AvgIpc) is 3.26. The SMILES string of the molecule is COc1cccc(CN2C[C@]34C=C[C@H](O3)C(C(=O)N3CCCCCC3)C4C2=O)c1. The van der Waals surface area contributed by atoms with Crippen LogP contribution in [0.4, 0.5) is 0 Å². The molecule has 4 aliphatic heterocycles. The van der Waals surface area contributed by atoms with Crippen LogP contribution in [0.1, 0.15) is 31.2 Å². The summed E-state index contributed by atoms with van der Waals surface area (Å²) in [5, 5.41) is 0. The molecule has 0 aliphatic carbocycles. The van der Waals surface area contributed by atoms with Gasteiger partial charge in [-0.15, -0.1) is 0 Å². The van der Waals surface area contributed by atoms with Crippen LogP contribution in [-0.4, -0.2) is 60.1 Å². The second-order valence-electron chi connectivity index (χ2n) is 8.69. The van der Waals surface area contributed by atoms with Crippen LogP contribution in [0.5, 0.6) is 5.75 Å². The van der Waals surface area contributed by atoms with Crippen LogP contribution in [0, 0.1) is 11.8 Å². The van der Waals surface area contributed by atoms with Crippen LogP contribution in [0.15, 0.2) is 36.4 Å². The number of hydrogen-bond acceptors (Lipinski definition) is 4. The molecule has 2 amide bonds. The minimum absolute atomic E-state index is 0.0350. The number of carbonyl (C=O) groups is 2. The topological polar surface area (TPSA) is 59.1 Å². The molecule has 1 aromatic rings. The molecule has 3 saturated heterocycles. The lowest BCUT2D eigenvalue weighted by Gasteiger charge is -2.29. The standard InChI is InChI=1S/C23H28N2O4/c1-28-17-8-6-7-16(13-17)14-25-15-23-10-9-18(29-23)19(20(23)22(25)27)21(26)24-11-4-2-3-5-12-24/h6-10,13,18-20H,2-5,11-12,14-15H2,1H3/t18-,19?,20?,23-/m0/s1. The Kier molecular flexibility index (Phi) is 4.62. The zero-order valence-corrected chi connectivity index (χ0v) is 16.9. The van der Waals surface area contributed by atoms with Crippen LogP contribution < -0.4 is 4.74 Å². The summed E-state index contributed by atoms with van der Waals surface area (Å²) in [6.45, 7) is 2.60. The molecule has 4 aliphatic rings. The summed E-state index contributed by atoms with van der Waals surface area (Å²) in [6, 6.07) is 7.77. The fraction of sp³-hybridized carbons (Fsp3) is 0.565. The van der Waals surface area contributed by atoms with Gasteiger partial charge in [-0.3, -0.25) is 9.59 Å². The van der Waals surface area contributed by atoms with Crippen molar-refractivity contribution in [1.82, 2.24) is 9.80 Å². The number of likely N-dealkylation sites (tertiary alicyclic amines) is 2. The van der Waals surface area contributed by atoms with Gasteiger partial charge >= 0.3 is 0 Å². The van der Waals surface area contributed by atoms with E-state index >= 15 is 0 Å². The highest BCUT2D eigenvalue weighted by Gasteiger charge is 2.67. The van der Waals surface area contributed by atoms with Gasteiger partial charge < -0.3 is 19.3 Å². The number of amides is 2. The predicted molar refractivity (Wildman–Crippen MR) is 107 cm³/mol. The summed E-state index contributed by atoms with van der Waals surface area (Å²) in [5.74, 6) is 0.121. The van der Waals surface area contributed by atoms with E-state index in [0.29, 0.717) is 13.1 Å². The summed E-state index contributed by atoms with van der Waals surface area (Å²) >= 11 is 0. The maximum atomic E-state index is 13.4. The molecule has 0 radical (unpaired) electrons. The first kappa shape index (κ1) is 18.7. The number of nitrogens with zero attached hydrogens (tertiary/aromatic N) is 2. The normalized spacial score (nSPS) is 33.1. The number of ether oxygens (including phenoxy) is 2. The lowest BCUT2D eigenvalue weighted by atomic mass is 9.76. The molecule has 6 nitrogen and oxygen atoms in total. The van der Waals surface area contributed by atoms with Crippen molar-refractivity contribution < 1.29 is 19.1 Å². The Balaban J connectivity index is 1.37. The molecule has 154 valence electrons. The average molecular weight is 396 g/mol. The van der Waals surface area contributed by atoms with Gasteiger partial charge in [-0.25, -0.2) is 0 Å². The molecule has 2 unspecified atom stereocenters. The molecule has 5 rings (SSSR count). The predicted octanol–water partition coefficient (Wildman–Crippen LogP) is 2.38. The molecule has 0 N–H and O–H groups in total. The molecular weight excluding hydrogens is 368 g/mol. The van der Waals surface area contributed by atoms with E-state index in [1.54, 1.807) is 7.11 Å². The summed E-state index contributed by atoms with van der Waals surface area (Å²) in [7, 11) is 1.64. The van der Waals surface area contributed by atoms with E-state index in [4.69, 9.17) is 9.47 Å². The highest BCUT2D eigenvalue weighted by molar-refractivity contribution is 5.93. The summed E-state index contributed by atoms with van der Waals surface area (Å²) in [4.78, 5) is 30.6. The van der Waals surface area contributed by atoms with E-state index < -0.39 is 11.5 Å². The number of benzene rings is 1. The van der Waals surface area contributed by atoms with E-state index in [2.05, 4.69) is 0 Å². The molecule has 3 fully saturated rings. The fourth-order valence-corrected chi connectivity index (χ4v) is 5.49. The number of fused-ring (bicyclic) bond motifs is 1. The summed E-state index contributed by atoms with van der Waals surface area (Å²) in [6.07, 6.45) is 8.21. The lowest BCUT2D eigenvalue weighted by Crippen LogP contribution is -2.46. The van der Waals surface area contributed by atoms with Gasteiger partial charge in [0.2, 0.25) is 11.8 Å². The van der Waals surface area contributed by atoms with Crippen molar-refractivity contribution in [2.24, 2.45) is 11.8 Å². The number of carbonyl (C=O) groups excluding carboxylic acids is 2. The first-order valence-corrected chi connectivity index (χ1v) is 10.7. The van der Waals surface area contributed by atoms with Crippen molar-refractivity contribution in [3.63, 3.8) is 0 Å². The monoisotopic (exact) mass is 396 g/mol. The third kappa shape index (κ3) is 3.05. The molecule has 2 bridgehead atoms. The van der Waals surface area contributed by atoms with E-state index in [1.807, 2.05) is 46.2 Å². The molecule has 1 spiro atoms. The molecule has 4 heterocycles.